The van der Waals surface area contributed by atoms with Crippen LogP contribution in [0.25, 0.3) is 0 Å². The van der Waals surface area contributed by atoms with E-state index < -0.39 is 11.7 Å². The van der Waals surface area contributed by atoms with Crippen LogP contribution >= 0.6 is 0 Å². The van der Waals surface area contributed by atoms with E-state index in [1.807, 2.05) is 0 Å². The lowest BCUT2D eigenvalue weighted by Crippen LogP contribution is -2.12. The molecule has 0 aliphatic rings. The molecular formula is C14H13FN2O3. The number of rotatable bonds is 4. The Morgan fingerprint density at radius 2 is 1.90 bits per heavy atom. The predicted molar refractivity (Wildman–Crippen MR) is 71.7 cm³/mol. The maximum atomic E-state index is 13.0. The number of methoxy groups -OCH3 is 2. The summed E-state index contributed by atoms with van der Waals surface area (Å²) < 4.78 is 23.2. The number of hydrogen-bond acceptors (Lipinski definition) is 4. The van der Waals surface area contributed by atoms with Gasteiger partial charge in [-0.05, 0) is 18.2 Å². The first-order valence-electron chi connectivity index (χ1n) is 5.78. The Morgan fingerprint density at radius 1 is 1.15 bits per heavy atom. The number of carbonyl (C=O) groups is 1. The van der Waals surface area contributed by atoms with Crippen LogP contribution in [0.15, 0.2) is 36.7 Å². The normalized spacial score (nSPS) is 9.95. The lowest BCUT2D eigenvalue weighted by Gasteiger charge is -2.10. The summed E-state index contributed by atoms with van der Waals surface area (Å²) in [7, 11) is 2.99. The highest BCUT2D eigenvalue weighted by molar-refractivity contribution is 6.04. The second-order valence-corrected chi connectivity index (χ2v) is 3.92. The van der Waals surface area contributed by atoms with Gasteiger partial charge in [0.05, 0.1) is 32.3 Å². The summed E-state index contributed by atoms with van der Waals surface area (Å²) in [5.41, 5.74) is 0.650. The number of nitrogens with one attached hydrogen (secondary N) is 1. The minimum atomic E-state index is -0.518. The number of amides is 1. The molecule has 1 N–H and O–H groups in total. The molecule has 0 radical (unpaired) electrons. The van der Waals surface area contributed by atoms with E-state index in [-0.39, 0.29) is 5.69 Å². The molecule has 1 aromatic carbocycles. The van der Waals surface area contributed by atoms with Crippen LogP contribution in [0.1, 0.15) is 10.4 Å². The van der Waals surface area contributed by atoms with E-state index in [2.05, 4.69) is 10.3 Å². The van der Waals surface area contributed by atoms with Crippen molar-refractivity contribution in [1.82, 2.24) is 4.98 Å². The summed E-state index contributed by atoms with van der Waals surface area (Å²) in [5.74, 6) is 0.0578. The summed E-state index contributed by atoms with van der Waals surface area (Å²) >= 11 is 0. The zero-order chi connectivity index (χ0) is 14.5. The number of carbonyl (C=O) groups excluding carboxylic acids is 1. The Labute approximate surface area is 115 Å². The molecule has 0 spiro atoms. The molecule has 6 heteroatoms. The first kappa shape index (κ1) is 13.8. The average molecular weight is 276 g/mol. The molecule has 20 heavy (non-hydrogen) atoms. The lowest BCUT2D eigenvalue weighted by molar-refractivity contribution is 0.102. The summed E-state index contributed by atoms with van der Waals surface area (Å²) in [6.45, 7) is 0. The van der Waals surface area contributed by atoms with Crippen LogP contribution in [0.4, 0.5) is 10.1 Å². The quantitative estimate of drug-likeness (QED) is 0.932. The third kappa shape index (κ3) is 3.03. The van der Waals surface area contributed by atoms with E-state index in [9.17, 15) is 9.18 Å². The third-order valence-electron chi connectivity index (χ3n) is 2.61. The summed E-state index contributed by atoms with van der Waals surface area (Å²) in [6.07, 6.45) is 2.42. The van der Waals surface area contributed by atoms with Crippen molar-refractivity contribution in [3.8, 4) is 11.5 Å². The largest absolute Gasteiger partial charge is 0.493 e. The number of halogens is 1. The van der Waals surface area contributed by atoms with Crippen LogP contribution in [-0.2, 0) is 0 Å². The van der Waals surface area contributed by atoms with Gasteiger partial charge in [-0.2, -0.15) is 0 Å². The minimum absolute atomic E-state index is 0.282. The Balaban J connectivity index is 2.21. The molecule has 2 rings (SSSR count). The highest BCUT2D eigenvalue weighted by Crippen LogP contribution is 2.27. The van der Waals surface area contributed by atoms with Gasteiger partial charge < -0.3 is 14.8 Å². The van der Waals surface area contributed by atoms with Gasteiger partial charge in [0.15, 0.2) is 11.5 Å². The SMILES string of the molecule is COc1ccc(C(=O)Nc2cncc(F)c2)cc1OC. The van der Waals surface area contributed by atoms with Gasteiger partial charge in [0.2, 0.25) is 0 Å². The number of anilines is 1. The molecule has 0 aliphatic heterocycles. The van der Waals surface area contributed by atoms with E-state index in [0.29, 0.717) is 17.1 Å². The summed E-state index contributed by atoms with van der Waals surface area (Å²) in [6, 6.07) is 5.94. The second-order valence-electron chi connectivity index (χ2n) is 3.92. The smallest absolute Gasteiger partial charge is 0.255 e. The molecule has 104 valence electrons. The van der Waals surface area contributed by atoms with E-state index in [0.717, 1.165) is 6.20 Å². The number of ether oxygens (including phenoxy) is 2. The first-order chi connectivity index (χ1) is 9.63. The predicted octanol–water partition coefficient (Wildman–Crippen LogP) is 2.49. The van der Waals surface area contributed by atoms with Gasteiger partial charge in [0.1, 0.15) is 5.82 Å². The van der Waals surface area contributed by atoms with Gasteiger partial charge in [-0.15, -0.1) is 0 Å². The molecule has 0 unspecified atom stereocenters. The molecule has 1 amide bonds. The average Bonchev–Trinajstić information content (AvgIpc) is 2.46. The van der Waals surface area contributed by atoms with Gasteiger partial charge >= 0.3 is 0 Å². The summed E-state index contributed by atoms with van der Waals surface area (Å²) in [5, 5.41) is 2.55. The highest BCUT2D eigenvalue weighted by Gasteiger charge is 2.11. The van der Waals surface area contributed by atoms with Crippen molar-refractivity contribution in [3.05, 3.63) is 48.0 Å². The van der Waals surface area contributed by atoms with E-state index in [1.165, 1.54) is 26.5 Å². The van der Waals surface area contributed by atoms with E-state index in [1.54, 1.807) is 18.2 Å². The fourth-order valence-electron chi connectivity index (χ4n) is 1.66. The number of aromatic nitrogens is 1. The molecule has 5 nitrogen and oxygen atoms in total. The van der Waals surface area contributed by atoms with Crippen molar-refractivity contribution in [2.75, 3.05) is 19.5 Å². The van der Waals surface area contributed by atoms with Crippen LogP contribution in [-0.4, -0.2) is 25.1 Å². The Kier molecular flexibility index (Phi) is 4.14. The van der Waals surface area contributed by atoms with Gasteiger partial charge in [0.25, 0.3) is 5.91 Å². The zero-order valence-corrected chi connectivity index (χ0v) is 11.0. The highest BCUT2D eigenvalue weighted by atomic mass is 19.1. The fourth-order valence-corrected chi connectivity index (χ4v) is 1.66. The Morgan fingerprint density at radius 3 is 2.55 bits per heavy atom. The summed E-state index contributed by atoms with van der Waals surface area (Å²) in [4.78, 5) is 15.7. The van der Waals surface area contributed by atoms with Gasteiger partial charge in [-0.3, -0.25) is 9.78 Å². The van der Waals surface area contributed by atoms with Gasteiger partial charge in [-0.25, -0.2) is 4.39 Å². The number of nitrogens with zero attached hydrogens (tertiary/aromatic N) is 1. The zero-order valence-electron chi connectivity index (χ0n) is 11.0. The minimum Gasteiger partial charge on any atom is -0.493 e. The van der Waals surface area contributed by atoms with Crippen molar-refractivity contribution in [3.63, 3.8) is 0 Å². The van der Waals surface area contributed by atoms with E-state index in [4.69, 9.17) is 9.47 Å². The number of benzene rings is 1. The molecular weight excluding hydrogens is 263 g/mol. The molecule has 0 saturated heterocycles. The number of hydrogen-bond donors (Lipinski definition) is 1. The van der Waals surface area contributed by atoms with Crippen molar-refractivity contribution in [2.24, 2.45) is 0 Å². The second kappa shape index (κ2) is 6.01. The maximum Gasteiger partial charge on any atom is 0.255 e. The first-order valence-corrected chi connectivity index (χ1v) is 5.78. The van der Waals surface area contributed by atoms with Crippen molar-refractivity contribution >= 4 is 11.6 Å². The molecule has 1 heterocycles. The molecule has 0 saturated carbocycles. The molecule has 0 fully saturated rings. The topological polar surface area (TPSA) is 60.5 Å². The Bertz CT molecular complexity index is 632. The molecule has 0 bridgehead atoms. The van der Waals surface area contributed by atoms with Crippen molar-refractivity contribution in [2.45, 2.75) is 0 Å². The molecule has 0 atom stereocenters. The lowest BCUT2D eigenvalue weighted by atomic mass is 10.2. The van der Waals surface area contributed by atoms with Crippen LogP contribution in [0, 0.1) is 5.82 Å². The molecule has 2 aromatic rings. The maximum absolute atomic E-state index is 13.0. The monoisotopic (exact) mass is 276 g/mol. The Hall–Kier alpha value is -2.63. The van der Waals surface area contributed by atoms with Gasteiger partial charge in [-0.1, -0.05) is 0 Å². The third-order valence-corrected chi connectivity index (χ3v) is 2.61. The molecule has 1 aromatic heterocycles. The van der Waals surface area contributed by atoms with Crippen LogP contribution in [0.2, 0.25) is 0 Å². The number of pyridine rings is 1. The standard InChI is InChI=1S/C14H13FN2O3/c1-19-12-4-3-9(5-13(12)20-2)14(18)17-11-6-10(15)7-16-8-11/h3-8H,1-2H3,(H,17,18). The van der Waals surface area contributed by atoms with E-state index >= 15 is 0 Å². The van der Waals surface area contributed by atoms with Crippen LogP contribution in [0.3, 0.4) is 0 Å². The van der Waals surface area contributed by atoms with Crippen LogP contribution in [0.5, 0.6) is 11.5 Å². The van der Waals surface area contributed by atoms with Crippen molar-refractivity contribution < 1.29 is 18.7 Å². The fraction of sp³-hybridized carbons (Fsp3) is 0.143. The molecule has 0 aliphatic carbocycles. The van der Waals surface area contributed by atoms with Crippen molar-refractivity contribution in [1.29, 1.82) is 0 Å². The van der Waals surface area contributed by atoms with Gasteiger partial charge in [0, 0.05) is 11.6 Å². The van der Waals surface area contributed by atoms with Crippen LogP contribution < -0.4 is 14.8 Å².